The quantitative estimate of drug-likeness (QED) is 0.319. The molecule has 1 saturated heterocycles. The average Bonchev–Trinajstić information content (AvgIpc) is 3.30. The molecule has 0 radical (unpaired) electrons. The van der Waals surface area contributed by atoms with Gasteiger partial charge in [-0.25, -0.2) is 9.59 Å². The minimum absolute atomic E-state index is 0.0518. The number of fused-ring (bicyclic) bond motifs is 1. The lowest BCUT2D eigenvalue weighted by molar-refractivity contribution is -0.232. The Morgan fingerprint density at radius 2 is 1.93 bits per heavy atom. The Kier molecular flexibility index (Phi) is 4.50. The summed E-state index contributed by atoms with van der Waals surface area (Å²) in [6, 6.07) is 0. The highest BCUT2D eigenvalue weighted by Crippen LogP contribution is 2.71. The van der Waals surface area contributed by atoms with Gasteiger partial charge in [-0.05, 0) is 20.8 Å². The first-order chi connectivity index (χ1) is 13.9. The van der Waals surface area contributed by atoms with Gasteiger partial charge in [0.1, 0.15) is 17.8 Å². The zero-order valence-corrected chi connectivity index (χ0v) is 18.1. The Balaban J connectivity index is 1.79. The molecule has 0 amide bonds. The molecule has 2 saturated carbocycles. The van der Waals surface area contributed by atoms with Crippen molar-refractivity contribution in [3.8, 4) is 0 Å². The molecule has 2 aliphatic carbocycles. The summed E-state index contributed by atoms with van der Waals surface area (Å²) < 4.78 is 23.0. The number of hydrogen-bond acceptors (Lipinski definition) is 8. The van der Waals surface area contributed by atoms with E-state index in [0.29, 0.717) is 12.0 Å². The highest BCUT2D eigenvalue weighted by Gasteiger charge is 2.82. The molecule has 30 heavy (non-hydrogen) atoms. The Hall–Kier alpha value is -2.19. The summed E-state index contributed by atoms with van der Waals surface area (Å²) in [5, 5.41) is 11.2. The van der Waals surface area contributed by atoms with Crippen LogP contribution in [0.4, 0.5) is 0 Å². The molecule has 3 fully saturated rings. The minimum Gasteiger partial charge on any atom is -0.459 e. The van der Waals surface area contributed by atoms with Crippen molar-refractivity contribution in [1.29, 1.82) is 0 Å². The van der Waals surface area contributed by atoms with E-state index in [2.05, 4.69) is 0 Å². The van der Waals surface area contributed by atoms with Gasteiger partial charge in [-0.15, -0.1) is 0 Å². The SMILES string of the molecule is C/C=C(\C)C(=O)O[C@H]1C[C@H]2O[C@]23C[C@]2(O)OC(=O)C(C)=C2[C@@H](OC(C)=O)[C@]3(C)[C@H]1C. The lowest BCUT2D eigenvalue weighted by atomic mass is 9.51. The Morgan fingerprint density at radius 3 is 2.53 bits per heavy atom. The average molecular weight is 420 g/mol. The standard InChI is InChI=1S/C22H28O8/c1-7-10(2)18(24)28-14-8-15-21(29-15)9-22(26)16(11(3)19(25)30-22)17(27-13(5)23)20(21,6)12(14)4/h7,12,14-15,17,26H,8-9H2,1-6H3/b10-7+/t12-,14-,15+,17+,20-,21+,22-/m0/s1. The van der Waals surface area contributed by atoms with Gasteiger partial charge < -0.3 is 24.1 Å². The summed E-state index contributed by atoms with van der Waals surface area (Å²) >= 11 is 0. The Morgan fingerprint density at radius 1 is 1.27 bits per heavy atom. The van der Waals surface area contributed by atoms with Crippen LogP contribution in [0.1, 0.15) is 54.4 Å². The van der Waals surface area contributed by atoms with Gasteiger partial charge in [0.2, 0.25) is 5.79 Å². The van der Waals surface area contributed by atoms with Crippen LogP contribution in [0.5, 0.6) is 0 Å². The molecular weight excluding hydrogens is 392 g/mol. The number of rotatable bonds is 3. The molecule has 4 rings (SSSR count). The van der Waals surface area contributed by atoms with Crippen LogP contribution in [0.2, 0.25) is 0 Å². The van der Waals surface area contributed by atoms with Crippen LogP contribution in [0, 0.1) is 11.3 Å². The highest BCUT2D eigenvalue weighted by molar-refractivity contribution is 5.93. The van der Waals surface area contributed by atoms with Crippen LogP contribution in [-0.2, 0) is 33.3 Å². The van der Waals surface area contributed by atoms with E-state index < -0.39 is 46.9 Å². The molecule has 0 bridgehead atoms. The molecule has 7 atom stereocenters. The third-order valence-electron chi connectivity index (χ3n) is 7.68. The van der Waals surface area contributed by atoms with Crippen LogP contribution >= 0.6 is 0 Å². The van der Waals surface area contributed by atoms with E-state index in [0.717, 1.165) is 0 Å². The summed E-state index contributed by atoms with van der Waals surface area (Å²) in [7, 11) is 0. The summed E-state index contributed by atoms with van der Waals surface area (Å²) in [5.41, 5.74) is -0.702. The number of carbonyl (C=O) groups is 3. The third-order valence-corrected chi connectivity index (χ3v) is 7.68. The Labute approximate surface area is 175 Å². The van der Waals surface area contributed by atoms with Crippen molar-refractivity contribution in [2.45, 2.75) is 84.1 Å². The van der Waals surface area contributed by atoms with Crippen LogP contribution in [-0.4, -0.2) is 52.7 Å². The molecule has 2 heterocycles. The van der Waals surface area contributed by atoms with Crippen molar-refractivity contribution in [2.75, 3.05) is 0 Å². The number of allylic oxidation sites excluding steroid dienone is 1. The maximum Gasteiger partial charge on any atom is 0.336 e. The fourth-order valence-electron chi connectivity index (χ4n) is 5.65. The molecule has 2 aliphatic heterocycles. The van der Waals surface area contributed by atoms with Crippen LogP contribution in [0.25, 0.3) is 0 Å². The van der Waals surface area contributed by atoms with Gasteiger partial charge in [-0.3, -0.25) is 4.79 Å². The lowest BCUT2D eigenvalue weighted by Crippen LogP contribution is -2.66. The molecule has 1 spiro atoms. The number of ether oxygens (including phenoxy) is 4. The second kappa shape index (κ2) is 6.40. The summed E-state index contributed by atoms with van der Waals surface area (Å²) in [6.45, 7) is 10.1. The van der Waals surface area contributed by atoms with Crippen molar-refractivity contribution in [3.05, 3.63) is 22.8 Å². The number of carbonyl (C=O) groups excluding carboxylic acids is 3. The fraction of sp³-hybridized carbons (Fsp3) is 0.682. The molecule has 4 aliphatic rings. The van der Waals surface area contributed by atoms with E-state index in [1.807, 2.05) is 13.8 Å². The summed E-state index contributed by atoms with van der Waals surface area (Å²) in [5.74, 6) is -3.75. The van der Waals surface area contributed by atoms with Gasteiger partial charge in [-0.2, -0.15) is 0 Å². The smallest absolute Gasteiger partial charge is 0.336 e. The fourth-order valence-corrected chi connectivity index (χ4v) is 5.65. The monoisotopic (exact) mass is 420 g/mol. The van der Waals surface area contributed by atoms with Gasteiger partial charge in [0, 0.05) is 42.2 Å². The minimum atomic E-state index is -1.87. The Bertz CT molecular complexity index is 903. The topological polar surface area (TPSA) is 112 Å². The van der Waals surface area contributed by atoms with Gasteiger partial charge in [-0.1, -0.05) is 19.9 Å². The molecule has 8 nitrogen and oxygen atoms in total. The van der Waals surface area contributed by atoms with Gasteiger partial charge in [0.25, 0.3) is 0 Å². The lowest BCUT2D eigenvalue weighted by Gasteiger charge is -2.55. The van der Waals surface area contributed by atoms with Crippen molar-refractivity contribution in [1.82, 2.24) is 0 Å². The third kappa shape index (κ3) is 2.56. The van der Waals surface area contributed by atoms with Crippen LogP contribution < -0.4 is 0 Å². The predicted molar refractivity (Wildman–Crippen MR) is 103 cm³/mol. The zero-order chi connectivity index (χ0) is 22.2. The molecule has 164 valence electrons. The van der Waals surface area contributed by atoms with E-state index in [-0.39, 0.29) is 29.6 Å². The van der Waals surface area contributed by atoms with E-state index in [4.69, 9.17) is 18.9 Å². The van der Waals surface area contributed by atoms with Crippen molar-refractivity contribution < 1.29 is 38.4 Å². The molecule has 1 N–H and O–H groups in total. The number of hydrogen-bond donors (Lipinski definition) is 1. The van der Waals surface area contributed by atoms with Crippen molar-refractivity contribution >= 4 is 17.9 Å². The van der Waals surface area contributed by atoms with E-state index >= 15 is 0 Å². The highest BCUT2D eigenvalue weighted by atomic mass is 16.7. The molecule has 0 aromatic rings. The summed E-state index contributed by atoms with van der Waals surface area (Å²) in [6.07, 6.45) is 0.453. The van der Waals surface area contributed by atoms with E-state index in [1.54, 1.807) is 26.8 Å². The molecule has 8 heteroatoms. The summed E-state index contributed by atoms with van der Waals surface area (Å²) in [4.78, 5) is 36.8. The number of esters is 3. The number of epoxide rings is 1. The van der Waals surface area contributed by atoms with E-state index in [9.17, 15) is 19.5 Å². The second-order valence-electron chi connectivity index (χ2n) is 9.10. The van der Waals surface area contributed by atoms with E-state index in [1.165, 1.54) is 6.92 Å². The van der Waals surface area contributed by atoms with Crippen LogP contribution in [0.15, 0.2) is 22.8 Å². The first kappa shape index (κ1) is 21.1. The maximum absolute atomic E-state index is 12.4. The first-order valence-corrected chi connectivity index (χ1v) is 10.3. The normalized spacial score (nSPS) is 44.5. The van der Waals surface area contributed by atoms with Crippen molar-refractivity contribution in [2.24, 2.45) is 11.3 Å². The van der Waals surface area contributed by atoms with Gasteiger partial charge in [0.15, 0.2) is 0 Å². The predicted octanol–water partition coefficient (Wildman–Crippen LogP) is 1.95. The van der Waals surface area contributed by atoms with Gasteiger partial charge >= 0.3 is 17.9 Å². The van der Waals surface area contributed by atoms with Gasteiger partial charge in [0.05, 0.1) is 11.7 Å². The molecule has 0 unspecified atom stereocenters. The largest absolute Gasteiger partial charge is 0.459 e. The number of aliphatic hydroxyl groups is 1. The maximum atomic E-state index is 12.4. The first-order valence-electron chi connectivity index (χ1n) is 10.3. The van der Waals surface area contributed by atoms with Crippen LogP contribution in [0.3, 0.4) is 0 Å². The zero-order valence-electron chi connectivity index (χ0n) is 18.1. The molecule has 0 aromatic heterocycles. The molecule has 0 aromatic carbocycles. The molecular formula is C22H28O8. The van der Waals surface area contributed by atoms with Crippen molar-refractivity contribution in [3.63, 3.8) is 0 Å². The second-order valence-corrected chi connectivity index (χ2v) is 9.10.